The molecular weight excluding hydrogens is 462 g/mol. The summed E-state index contributed by atoms with van der Waals surface area (Å²) in [5, 5.41) is 9.92. The van der Waals surface area contributed by atoms with Crippen LogP contribution in [-0.2, 0) is 19.3 Å². The molecule has 1 N–H and O–H groups in total. The number of aryl methyl sites for hydroxylation is 1. The zero-order valence-electron chi connectivity index (χ0n) is 22.5. The lowest BCUT2D eigenvalue weighted by atomic mass is 9.82. The van der Waals surface area contributed by atoms with Crippen LogP contribution in [0.4, 0.5) is 5.69 Å². The molecule has 38 heavy (non-hydrogen) atoms. The summed E-state index contributed by atoms with van der Waals surface area (Å²) in [4.78, 5) is 4.88. The molecular formula is C36H37NO. The molecule has 2 nitrogen and oxygen atoms in total. The van der Waals surface area contributed by atoms with Gasteiger partial charge in [-0.3, -0.25) is 4.99 Å². The molecule has 2 heteroatoms. The zero-order valence-corrected chi connectivity index (χ0v) is 22.5. The standard InChI is InChI=1S/C36H37NO/c1-6-32-20-19-31(22-26(3)33-12-8-7-11-25(33)2)23-36(32)37-24-30-17-15-29(16-18-30)21-27(4)34-13-9-10-14-35(34)28(5)38/h7-20,23-25,33,38H,3-6,21-22H2,1-2H3. The topological polar surface area (TPSA) is 32.6 Å². The van der Waals surface area contributed by atoms with Crippen molar-refractivity contribution >= 4 is 23.2 Å². The number of allylic oxidation sites excluding steroid dienone is 6. The minimum absolute atomic E-state index is 0.0608. The van der Waals surface area contributed by atoms with E-state index in [0.29, 0.717) is 18.3 Å². The molecule has 0 aliphatic heterocycles. The van der Waals surface area contributed by atoms with Gasteiger partial charge in [0.2, 0.25) is 0 Å². The van der Waals surface area contributed by atoms with Crippen molar-refractivity contribution in [3.8, 4) is 0 Å². The highest BCUT2D eigenvalue weighted by atomic mass is 16.3. The van der Waals surface area contributed by atoms with Gasteiger partial charge in [0.25, 0.3) is 0 Å². The summed E-state index contributed by atoms with van der Waals surface area (Å²) < 4.78 is 0. The zero-order chi connectivity index (χ0) is 27.1. The van der Waals surface area contributed by atoms with Gasteiger partial charge >= 0.3 is 0 Å². The first kappa shape index (κ1) is 26.9. The molecule has 0 radical (unpaired) electrons. The molecule has 3 aromatic carbocycles. The van der Waals surface area contributed by atoms with Crippen LogP contribution in [0.1, 0.15) is 47.2 Å². The lowest BCUT2D eigenvalue weighted by Gasteiger charge is -2.23. The summed E-state index contributed by atoms with van der Waals surface area (Å²) in [6.45, 7) is 16.7. The molecule has 0 bridgehead atoms. The van der Waals surface area contributed by atoms with Crippen LogP contribution < -0.4 is 0 Å². The van der Waals surface area contributed by atoms with Gasteiger partial charge in [0.1, 0.15) is 5.76 Å². The van der Waals surface area contributed by atoms with Crippen LogP contribution in [0, 0.1) is 11.8 Å². The van der Waals surface area contributed by atoms with Crippen molar-refractivity contribution in [3.05, 3.63) is 150 Å². The second-order valence-corrected chi connectivity index (χ2v) is 10.1. The second-order valence-electron chi connectivity index (χ2n) is 10.1. The van der Waals surface area contributed by atoms with Crippen LogP contribution in [0.5, 0.6) is 0 Å². The first-order valence-electron chi connectivity index (χ1n) is 13.3. The molecule has 2 atom stereocenters. The van der Waals surface area contributed by atoms with E-state index in [4.69, 9.17) is 4.99 Å². The van der Waals surface area contributed by atoms with Crippen LogP contribution in [0.25, 0.3) is 11.3 Å². The Morgan fingerprint density at radius 1 is 0.868 bits per heavy atom. The maximum Gasteiger partial charge on any atom is 0.116 e. The van der Waals surface area contributed by atoms with Gasteiger partial charge in [-0.1, -0.05) is 124 Å². The third-order valence-corrected chi connectivity index (χ3v) is 7.21. The minimum atomic E-state index is 0.0608. The molecule has 0 amide bonds. The molecule has 0 saturated heterocycles. The predicted octanol–water partition coefficient (Wildman–Crippen LogP) is 9.26. The number of aliphatic imine (C=N–C) groups is 1. The van der Waals surface area contributed by atoms with Gasteiger partial charge in [-0.25, -0.2) is 0 Å². The van der Waals surface area contributed by atoms with Crippen molar-refractivity contribution in [2.75, 3.05) is 0 Å². The molecule has 1 aliphatic rings. The average Bonchev–Trinajstić information content (AvgIpc) is 2.93. The molecule has 0 aromatic heterocycles. The number of hydrogen-bond donors (Lipinski definition) is 1. The molecule has 1 aliphatic carbocycles. The van der Waals surface area contributed by atoms with E-state index in [-0.39, 0.29) is 5.76 Å². The van der Waals surface area contributed by atoms with Gasteiger partial charge in [-0.2, -0.15) is 0 Å². The van der Waals surface area contributed by atoms with Gasteiger partial charge in [0.05, 0.1) is 5.69 Å². The summed E-state index contributed by atoms with van der Waals surface area (Å²) in [7, 11) is 0. The fourth-order valence-corrected chi connectivity index (χ4v) is 5.00. The average molecular weight is 500 g/mol. The summed E-state index contributed by atoms with van der Waals surface area (Å²) >= 11 is 0. The van der Waals surface area contributed by atoms with Crippen LogP contribution in [-0.4, -0.2) is 11.3 Å². The number of hydrogen-bond acceptors (Lipinski definition) is 2. The minimum Gasteiger partial charge on any atom is -0.508 e. The Bertz CT molecular complexity index is 1420. The first-order valence-corrected chi connectivity index (χ1v) is 13.3. The summed E-state index contributed by atoms with van der Waals surface area (Å²) in [5.74, 6) is 0.915. The SMILES string of the molecule is C=C(O)c1ccccc1C(=C)Cc1ccc(C=Nc2cc(CC(=C)C3C=CC=CC3C)ccc2CC)cc1. The van der Waals surface area contributed by atoms with Crippen molar-refractivity contribution in [2.45, 2.75) is 33.1 Å². The first-order chi connectivity index (χ1) is 18.4. The fourth-order valence-electron chi connectivity index (χ4n) is 5.00. The lowest BCUT2D eigenvalue weighted by molar-refractivity contribution is 0.513. The highest BCUT2D eigenvalue weighted by Crippen LogP contribution is 2.30. The summed E-state index contributed by atoms with van der Waals surface area (Å²) in [6.07, 6.45) is 13.2. The maximum atomic E-state index is 9.92. The maximum absolute atomic E-state index is 9.92. The molecule has 2 unspecified atom stereocenters. The smallest absolute Gasteiger partial charge is 0.116 e. The van der Waals surface area contributed by atoms with Gasteiger partial charge in [-0.05, 0) is 64.6 Å². The Hall–Kier alpha value is -4.17. The predicted molar refractivity (Wildman–Crippen MR) is 164 cm³/mol. The number of nitrogens with zero attached hydrogens (tertiary/aromatic N) is 1. The van der Waals surface area contributed by atoms with Crippen molar-refractivity contribution < 1.29 is 5.11 Å². The molecule has 0 spiro atoms. The van der Waals surface area contributed by atoms with E-state index in [9.17, 15) is 5.11 Å². The molecule has 192 valence electrons. The van der Waals surface area contributed by atoms with Crippen LogP contribution in [0.3, 0.4) is 0 Å². The van der Waals surface area contributed by atoms with Gasteiger partial charge < -0.3 is 5.11 Å². The molecule has 0 fully saturated rings. The van der Waals surface area contributed by atoms with Crippen molar-refractivity contribution in [3.63, 3.8) is 0 Å². The number of benzene rings is 3. The summed E-state index contributed by atoms with van der Waals surface area (Å²) in [5.41, 5.74) is 9.53. The van der Waals surface area contributed by atoms with Crippen molar-refractivity contribution in [1.29, 1.82) is 0 Å². The Morgan fingerprint density at radius 2 is 1.55 bits per heavy atom. The van der Waals surface area contributed by atoms with E-state index < -0.39 is 0 Å². The molecule has 0 saturated carbocycles. The number of rotatable bonds is 10. The van der Waals surface area contributed by atoms with E-state index in [0.717, 1.165) is 46.4 Å². The Labute approximate surface area is 227 Å². The van der Waals surface area contributed by atoms with Crippen LogP contribution >= 0.6 is 0 Å². The largest absolute Gasteiger partial charge is 0.508 e. The van der Waals surface area contributed by atoms with Gasteiger partial charge in [0.15, 0.2) is 0 Å². The quantitative estimate of drug-likeness (QED) is 0.168. The van der Waals surface area contributed by atoms with E-state index >= 15 is 0 Å². The number of aliphatic hydroxyl groups excluding tert-OH is 1. The molecule has 4 rings (SSSR count). The van der Waals surface area contributed by atoms with E-state index in [1.807, 2.05) is 30.5 Å². The third-order valence-electron chi connectivity index (χ3n) is 7.21. The third kappa shape index (κ3) is 6.58. The lowest BCUT2D eigenvalue weighted by Crippen LogP contribution is -2.13. The van der Waals surface area contributed by atoms with Crippen molar-refractivity contribution in [2.24, 2.45) is 16.8 Å². The Balaban J connectivity index is 1.45. The molecule has 3 aromatic rings. The van der Waals surface area contributed by atoms with Crippen molar-refractivity contribution in [1.82, 2.24) is 0 Å². The highest BCUT2D eigenvalue weighted by Gasteiger charge is 2.17. The van der Waals surface area contributed by atoms with Crippen LogP contribution in [0.2, 0.25) is 0 Å². The molecule has 0 heterocycles. The van der Waals surface area contributed by atoms with E-state index in [1.54, 1.807) is 0 Å². The normalized spacial score (nSPS) is 16.6. The van der Waals surface area contributed by atoms with Crippen LogP contribution in [0.15, 0.2) is 121 Å². The van der Waals surface area contributed by atoms with Gasteiger partial charge in [-0.15, -0.1) is 0 Å². The Morgan fingerprint density at radius 3 is 2.24 bits per heavy atom. The Kier molecular flexibility index (Phi) is 8.76. The van der Waals surface area contributed by atoms with Gasteiger partial charge in [0, 0.05) is 17.7 Å². The van der Waals surface area contributed by atoms with E-state index in [1.165, 1.54) is 16.7 Å². The summed E-state index contributed by atoms with van der Waals surface area (Å²) in [6, 6.07) is 22.7. The monoisotopic (exact) mass is 499 g/mol. The number of aliphatic hydroxyl groups is 1. The highest BCUT2D eigenvalue weighted by molar-refractivity contribution is 5.83. The van der Waals surface area contributed by atoms with E-state index in [2.05, 4.69) is 100 Å². The second kappa shape index (κ2) is 12.4. The fraction of sp³-hybridized carbons (Fsp3) is 0.194.